The number of likely N-dealkylation sites (N-methyl/N-ethyl adjacent to an activating group) is 1. The number of hydrogen-bond acceptors (Lipinski definition) is 3. The Labute approximate surface area is 166 Å². The third-order valence-corrected chi connectivity index (χ3v) is 4.01. The molecule has 0 atom stereocenters. The molecule has 2 N–H and O–H groups in total. The second-order valence-electron chi connectivity index (χ2n) is 6.26. The normalized spacial score (nSPS) is 17.1. The van der Waals surface area contributed by atoms with Crippen LogP contribution in [0.3, 0.4) is 0 Å². The number of nitrogens with zero attached hydrogens (tertiary/aromatic N) is 2. The summed E-state index contributed by atoms with van der Waals surface area (Å²) in [6, 6.07) is 0. The largest absolute Gasteiger partial charge is 0.401 e. The van der Waals surface area contributed by atoms with Gasteiger partial charge >= 0.3 is 6.18 Å². The van der Waals surface area contributed by atoms with E-state index < -0.39 is 12.7 Å². The van der Waals surface area contributed by atoms with Crippen molar-refractivity contribution >= 4 is 29.9 Å². The highest BCUT2D eigenvalue weighted by Gasteiger charge is 2.28. The van der Waals surface area contributed by atoms with Gasteiger partial charge in [-0.3, -0.25) is 9.89 Å². The molecule has 9 heteroatoms. The molecule has 1 aliphatic carbocycles. The fraction of sp³-hybridized carbons (Fsp3) is 0.938. The number of rotatable bonds is 8. The molecule has 0 unspecified atom stereocenters. The lowest BCUT2D eigenvalue weighted by molar-refractivity contribution is -0.142. The number of hydrogen-bond donors (Lipinski definition) is 2. The molecule has 25 heavy (non-hydrogen) atoms. The molecular formula is C16H32F3IN4O. The van der Waals surface area contributed by atoms with Gasteiger partial charge in [0.1, 0.15) is 0 Å². The van der Waals surface area contributed by atoms with E-state index >= 15 is 0 Å². The van der Waals surface area contributed by atoms with Gasteiger partial charge in [-0.15, -0.1) is 24.0 Å². The van der Waals surface area contributed by atoms with Gasteiger partial charge in [0, 0.05) is 26.7 Å². The van der Waals surface area contributed by atoms with Gasteiger partial charge in [0.25, 0.3) is 0 Å². The minimum atomic E-state index is -4.16. The second-order valence-corrected chi connectivity index (χ2v) is 6.26. The van der Waals surface area contributed by atoms with Gasteiger partial charge in [-0.25, -0.2) is 0 Å². The molecule has 0 amide bonds. The smallest absolute Gasteiger partial charge is 0.376 e. The van der Waals surface area contributed by atoms with Crippen molar-refractivity contribution in [3.63, 3.8) is 0 Å². The van der Waals surface area contributed by atoms with Crippen molar-refractivity contribution in [3.8, 4) is 0 Å². The summed E-state index contributed by atoms with van der Waals surface area (Å²) in [5.41, 5.74) is 0. The Bertz CT molecular complexity index is 362. The Morgan fingerprint density at radius 1 is 1.12 bits per heavy atom. The molecule has 0 aliphatic heterocycles. The van der Waals surface area contributed by atoms with Crippen LogP contribution in [0.15, 0.2) is 4.99 Å². The Morgan fingerprint density at radius 2 is 1.72 bits per heavy atom. The average Bonchev–Trinajstić information content (AvgIpc) is 2.76. The predicted molar refractivity (Wildman–Crippen MR) is 106 cm³/mol. The molecule has 1 rings (SSSR count). The van der Waals surface area contributed by atoms with E-state index in [2.05, 4.69) is 15.6 Å². The van der Waals surface area contributed by atoms with Crippen molar-refractivity contribution in [2.75, 3.05) is 46.9 Å². The molecule has 0 aromatic carbocycles. The fourth-order valence-corrected chi connectivity index (χ4v) is 2.77. The summed E-state index contributed by atoms with van der Waals surface area (Å²) < 4.78 is 42.6. The predicted octanol–water partition coefficient (Wildman–Crippen LogP) is 3.00. The molecule has 1 saturated carbocycles. The first kappa shape index (κ1) is 24.7. The lowest BCUT2D eigenvalue weighted by Gasteiger charge is -2.20. The molecule has 5 nitrogen and oxygen atoms in total. The SMILES string of the molecule is CN=C(NCCOC1CCCCCC1)NCCN(C)CC(F)(F)F.I. The van der Waals surface area contributed by atoms with Gasteiger partial charge in [-0.1, -0.05) is 25.7 Å². The Kier molecular flexibility index (Phi) is 13.7. The van der Waals surface area contributed by atoms with Gasteiger partial charge in [-0.05, 0) is 19.9 Å². The van der Waals surface area contributed by atoms with Crippen molar-refractivity contribution in [1.29, 1.82) is 0 Å². The molecule has 0 spiro atoms. The van der Waals surface area contributed by atoms with E-state index in [1.54, 1.807) is 7.05 Å². The van der Waals surface area contributed by atoms with Gasteiger partial charge in [0.05, 0.1) is 19.3 Å². The Hall–Kier alpha value is -0.290. The molecule has 0 aromatic heterocycles. The van der Waals surface area contributed by atoms with Crippen molar-refractivity contribution in [1.82, 2.24) is 15.5 Å². The van der Waals surface area contributed by atoms with Crippen molar-refractivity contribution < 1.29 is 17.9 Å². The van der Waals surface area contributed by atoms with E-state index in [1.807, 2.05) is 0 Å². The van der Waals surface area contributed by atoms with E-state index in [0.29, 0.717) is 38.3 Å². The summed E-state index contributed by atoms with van der Waals surface area (Å²) in [7, 11) is 3.09. The first-order valence-electron chi connectivity index (χ1n) is 8.72. The van der Waals surface area contributed by atoms with Crippen LogP contribution in [0, 0.1) is 0 Å². The van der Waals surface area contributed by atoms with Crippen LogP contribution in [0.25, 0.3) is 0 Å². The van der Waals surface area contributed by atoms with E-state index in [4.69, 9.17) is 4.74 Å². The lowest BCUT2D eigenvalue weighted by atomic mass is 10.1. The number of halogens is 4. The number of nitrogens with one attached hydrogen (secondary N) is 2. The van der Waals surface area contributed by atoms with Gasteiger partial charge < -0.3 is 15.4 Å². The Balaban J connectivity index is 0.00000576. The van der Waals surface area contributed by atoms with Crippen LogP contribution in [-0.2, 0) is 4.74 Å². The highest BCUT2D eigenvalue weighted by Crippen LogP contribution is 2.19. The molecule has 0 saturated heterocycles. The molecule has 150 valence electrons. The third kappa shape index (κ3) is 13.6. The summed E-state index contributed by atoms with van der Waals surface area (Å²) in [5, 5.41) is 6.13. The van der Waals surface area contributed by atoms with Gasteiger partial charge in [-0.2, -0.15) is 13.2 Å². The maximum absolute atomic E-state index is 12.2. The summed E-state index contributed by atoms with van der Waals surface area (Å²) in [6.45, 7) is 1.03. The van der Waals surface area contributed by atoms with Crippen LogP contribution in [-0.4, -0.2) is 70.0 Å². The third-order valence-electron chi connectivity index (χ3n) is 4.01. The zero-order valence-corrected chi connectivity index (χ0v) is 17.5. The molecule has 0 heterocycles. The molecule has 0 aromatic rings. The maximum Gasteiger partial charge on any atom is 0.401 e. The lowest BCUT2D eigenvalue weighted by Crippen LogP contribution is -2.43. The maximum atomic E-state index is 12.2. The van der Waals surface area contributed by atoms with Crippen LogP contribution >= 0.6 is 24.0 Å². The highest BCUT2D eigenvalue weighted by atomic mass is 127. The molecule has 0 bridgehead atoms. The minimum Gasteiger partial charge on any atom is -0.376 e. The standard InChI is InChI=1S/C16H31F3N4O.HI/c1-20-15(21-9-11-23(2)13-16(17,18)19)22-10-12-24-14-7-5-3-4-6-8-14;/h14H,3-13H2,1-2H3,(H2,20,21,22);1H. The van der Waals surface area contributed by atoms with Crippen molar-refractivity contribution in [3.05, 3.63) is 0 Å². The quantitative estimate of drug-likeness (QED) is 0.185. The molecule has 1 fully saturated rings. The molecule has 0 radical (unpaired) electrons. The first-order chi connectivity index (χ1) is 11.4. The zero-order chi connectivity index (χ0) is 17.8. The summed E-state index contributed by atoms with van der Waals surface area (Å²) in [5.74, 6) is 0.583. The van der Waals surface area contributed by atoms with E-state index in [-0.39, 0.29) is 24.0 Å². The average molecular weight is 480 g/mol. The van der Waals surface area contributed by atoms with E-state index in [0.717, 1.165) is 12.8 Å². The number of aliphatic imine (C=N–C) groups is 1. The monoisotopic (exact) mass is 480 g/mol. The Morgan fingerprint density at radius 3 is 2.28 bits per heavy atom. The van der Waals surface area contributed by atoms with E-state index in [1.165, 1.54) is 37.6 Å². The zero-order valence-electron chi connectivity index (χ0n) is 15.2. The van der Waals surface area contributed by atoms with Crippen molar-refractivity contribution in [2.24, 2.45) is 4.99 Å². The minimum absolute atomic E-state index is 0. The van der Waals surface area contributed by atoms with Crippen LogP contribution in [0.1, 0.15) is 38.5 Å². The summed E-state index contributed by atoms with van der Waals surface area (Å²) in [6.07, 6.45) is 3.57. The topological polar surface area (TPSA) is 48.9 Å². The molecule has 1 aliphatic rings. The summed E-state index contributed by atoms with van der Waals surface area (Å²) >= 11 is 0. The van der Waals surface area contributed by atoms with Gasteiger partial charge in [0.15, 0.2) is 5.96 Å². The van der Waals surface area contributed by atoms with Gasteiger partial charge in [0.2, 0.25) is 0 Å². The number of guanidine groups is 1. The highest BCUT2D eigenvalue weighted by molar-refractivity contribution is 14.0. The number of alkyl halides is 3. The molecular weight excluding hydrogens is 448 g/mol. The fourth-order valence-electron chi connectivity index (χ4n) is 2.77. The second kappa shape index (κ2) is 13.9. The van der Waals surface area contributed by atoms with Crippen LogP contribution in [0.4, 0.5) is 13.2 Å². The van der Waals surface area contributed by atoms with E-state index in [9.17, 15) is 13.2 Å². The van der Waals surface area contributed by atoms with Crippen molar-refractivity contribution in [2.45, 2.75) is 50.8 Å². The van der Waals surface area contributed by atoms with Crippen LogP contribution in [0.5, 0.6) is 0 Å². The summed E-state index contributed by atoms with van der Waals surface area (Å²) in [4.78, 5) is 5.29. The van der Waals surface area contributed by atoms with Crippen LogP contribution < -0.4 is 10.6 Å². The van der Waals surface area contributed by atoms with Crippen LogP contribution in [0.2, 0.25) is 0 Å². The first-order valence-corrected chi connectivity index (χ1v) is 8.72. The number of ether oxygens (including phenoxy) is 1.